The third-order valence-electron chi connectivity index (χ3n) is 2.47. The van der Waals surface area contributed by atoms with Gasteiger partial charge in [-0.1, -0.05) is 0 Å². The van der Waals surface area contributed by atoms with Crippen molar-refractivity contribution in [3.8, 4) is 5.75 Å². The third-order valence-corrected chi connectivity index (χ3v) is 3.76. The second-order valence-corrected chi connectivity index (χ2v) is 6.01. The van der Waals surface area contributed by atoms with Crippen LogP contribution in [0.25, 0.3) is 0 Å². The van der Waals surface area contributed by atoms with Crippen LogP contribution >= 0.6 is 12.4 Å². The highest BCUT2D eigenvalue weighted by Gasteiger charge is 2.12. The molecule has 1 amide bonds. The molecule has 1 rings (SSSR count). The molecule has 3 N–H and O–H groups in total. The number of ether oxygens (including phenoxy) is 1. The Morgan fingerprint density at radius 3 is 2.52 bits per heavy atom. The van der Waals surface area contributed by atoms with Crippen LogP contribution in [0, 0.1) is 0 Å². The van der Waals surface area contributed by atoms with E-state index in [4.69, 9.17) is 4.74 Å². The molecule has 9 heteroatoms. The van der Waals surface area contributed by atoms with Gasteiger partial charge in [-0.15, -0.1) is 12.4 Å². The molecule has 0 unspecified atom stereocenters. The molecule has 0 aliphatic heterocycles. The smallest absolute Gasteiger partial charge is 0.238 e. The molecule has 0 fully saturated rings. The molecule has 1 aromatic rings. The van der Waals surface area contributed by atoms with Crippen LogP contribution in [0.5, 0.6) is 5.75 Å². The number of likely N-dealkylation sites (N-methyl/N-ethyl adjacent to an activating group) is 1. The van der Waals surface area contributed by atoms with Gasteiger partial charge in [0.1, 0.15) is 5.75 Å². The van der Waals surface area contributed by atoms with Crippen LogP contribution in [-0.4, -0.2) is 40.8 Å². The zero-order chi connectivity index (χ0) is 15.2. The molecule has 0 heterocycles. The minimum atomic E-state index is -3.38. The number of anilines is 2. The number of carbonyl (C=O) groups excluding carboxylic acids is 1. The maximum absolute atomic E-state index is 11.5. The Kier molecular flexibility index (Phi) is 8.08. The summed E-state index contributed by atoms with van der Waals surface area (Å²) in [5.41, 5.74) is 0.863. The largest absolute Gasteiger partial charge is 0.494 e. The molecule has 0 aromatic heterocycles. The fourth-order valence-electron chi connectivity index (χ4n) is 1.46. The van der Waals surface area contributed by atoms with Gasteiger partial charge < -0.3 is 15.4 Å². The van der Waals surface area contributed by atoms with Gasteiger partial charge in [0.15, 0.2) is 0 Å². The average molecular weight is 338 g/mol. The maximum atomic E-state index is 11.5. The van der Waals surface area contributed by atoms with Crippen LogP contribution < -0.4 is 20.1 Å². The van der Waals surface area contributed by atoms with Crippen LogP contribution in [0.15, 0.2) is 18.2 Å². The fourth-order valence-corrected chi connectivity index (χ4v) is 2.11. The minimum Gasteiger partial charge on any atom is -0.494 e. The number of rotatable bonds is 7. The van der Waals surface area contributed by atoms with Gasteiger partial charge in [-0.25, -0.2) is 8.42 Å². The van der Waals surface area contributed by atoms with E-state index in [1.807, 2.05) is 0 Å². The second-order valence-electron chi connectivity index (χ2n) is 4.00. The summed E-state index contributed by atoms with van der Waals surface area (Å²) in [7, 11) is -0.279. The van der Waals surface area contributed by atoms with E-state index in [1.54, 1.807) is 32.2 Å². The van der Waals surface area contributed by atoms with Crippen LogP contribution in [0.3, 0.4) is 0 Å². The van der Waals surface area contributed by atoms with E-state index in [2.05, 4.69) is 15.4 Å². The molecule has 7 nitrogen and oxygen atoms in total. The number of hydrogen-bond donors (Lipinski definition) is 3. The zero-order valence-corrected chi connectivity index (χ0v) is 13.7. The lowest BCUT2D eigenvalue weighted by molar-refractivity contribution is -0.115. The van der Waals surface area contributed by atoms with Gasteiger partial charge in [0, 0.05) is 11.8 Å². The molecule has 120 valence electrons. The average Bonchev–Trinajstić information content (AvgIpc) is 2.40. The SMILES string of the molecule is CCS(=O)(=O)Nc1ccc(NC(=O)CNC)cc1OC.Cl. The van der Waals surface area contributed by atoms with E-state index in [9.17, 15) is 13.2 Å². The van der Waals surface area contributed by atoms with Crippen molar-refractivity contribution in [2.75, 3.05) is 36.5 Å². The molecule has 0 saturated heterocycles. The first-order chi connectivity index (χ1) is 9.41. The summed E-state index contributed by atoms with van der Waals surface area (Å²) >= 11 is 0. The lowest BCUT2D eigenvalue weighted by atomic mass is 10.2. The van der Waals surface area contributed by atoms with Crippen LogP contribution in [0.4, 0.5) is 11.4 Å². The molecular formula is C12H20ClN3O4S. The van der Waals surface area contributed by atoms with E-state index < -0.39 is 10.0 Å². The van der Waals surface area contributed by atoms with E-state index in [0.29, 0.717) is 17.1 Å². The normalized spacial score (nSPS) is 10.4. The first kappa shape index (κ1) is 19.5. The van der Waals surface area contributed by atoms with Crippen molar-refractivity contribution < 1.29 is 17.9 Å². The summed E-state index contributed by atoms with van der Waals surface area (Å²) < 4.78 is 30.6. The van der Waals surface area contributed by atoms with Gasteiger partial charge in [-0.2, -0.15) is 0 Å². The molecule has 21 heavy (non-hydrogen) atoms. The first-order valence-electron chi connectivity index (χ1n) is 6.04. The zero-order valence-electron chi connectivity index (χ0n) is 12.1. The van der Waals surface area contributed by atoms with E-state index >= 15 is 0 Å². The Morgan fingerprint density at radius 2 is 2.00 bits per heavy atom. The number of nitrogens with one attached hydrogen (secondary N) is 3. The van der Waals surface area contributed by atoms with Crippen molar-refractivity contribution >= 4 is 39.7 Å². The van der Waals surface area contributed by atoms with Gasteiger partial charge in [-0.3, -0.25) is 9.52 Å². The van der Waals surface area contributed by atoms with Gasteiger partial charge in [0.05, 0.1) is 25.1 Å². The number of benzene rings is 1. The molecule has 0 atom stereocenters. The molecule has 1 aromatic carbocycles. The Hall–Kier alpha value is -1.51. The summed E-state index contributed by atoms with van der Waals surface area (Å²) in [5.74, 6) is 0.109. The van der Waals surface area contributed by atoms with Crippen LogP contribution in [-0.2, 0) is 14.8 Å². The molecular weight excluding hydrogens is 318 g/mol. The Balaban J connectivity index is 0.00000400. The summed E-state index contributed by atoms with van der Waals surface area (Å²) in [4.78, 5) is 11.4. The maximum Gasteiger partial charge on any atom is 0.238 e. The van der Waals surface area contributed by atoms with Crippen molar-refractivity contribution in [1.29, 1.82) is 0 Å². The number of methoxy groups -OCH3 is 1. The standard InChI is InChI=1S/C12H19N3O4S.ClH/c1-4-20(17,18)15-10-6-5-9(7-11(10)19-3)14-12(16)8-13-2;/h5-7,13,15H,4,8H2,1-3H3,(H,14,16);1H. The Bertz CT molecular complexity index is 578. The van der Waals surface area contributed by atoms with E-state index in [-0.39, 0.29) is 30.6 Å². The van der Waals surface area contributed by atoms with Crippen molar-refractivity contribution in [2.24, 2.45) is 0 Å². The summed E-state index contributed by atoms with van der Waals surface area (Å²) in [6.07, 6.45) is 0. The minimum absolute atomic E-state index is 0. The van der Waals surface area contributed by atoms with Crippen LogP contribution in [0.2, 0.25) is 0 Å². The van der Waals surface area contributed by atoms with Gasteiger partial charge >= 0.3 is 0 Å². The highest BCUT2D eigenvalue weighted by molar-refractivity contribution is 7.92. The van der Waals surface area contributed by atoms with E-state index in [1.165, 1.54) is 7.11 Å². The van der Waals surface area contributed by atoms with Crippen molar-refractivity contribution in [3.05, 3.63) is 18.2 Å². The predicted octanol–water partition coefficient (Wildman–Crippen LogP) is 1.04. The van der Waals surface area contributed by atoms with Crippen LogP contribution in [0.1, 0.15) is 6.92 Å². The van der Waals surface area contributed by atoms with Gasteiger partial charge in [0.2, 0.25) is 15.9 Å². The van der Waals surface area contributed by atoms with Crippen molar-refractivity contribution in [1.82, 2.24) is 5.32 Å². The number of carbonyl (C=O) groups is 1. The second kappa shape index (κ2) is 8.71. The Morgan fingerprint density at radius 1 is 1.33 bits per heavy atom. The van der Waals surface area contributed by atoms with Crippen molar-refractivity contribution in [2.45, 2.75) is 6.92 Å². The number of hydrogen-bond acceptors (Lipinski definition) is 5. The number of halogens is 1. The highest BCUT2D eigenvalue weighted by atomic mass is 35.5. The highest BCUT2D eigenvalue weighted by Crippen LogP contribution is 2.28. The molecule has 0 spiro atoms. The lowest BCUT2D eigenvalue weighted by Gasteiger charge is -2.13. The molecule has 0 radical (unpaired) electrons. The molecule has 0 aliphatic carbocycles. The third kappa shape index (κ3) is 6.19. The van der Waals surface area contributed by atoms with E-state index in [0.717, 1.165) is 0 Å². The predicted molar refractivity (Wildman–Crippen MR) is 85.9 cm³/mol. The Labute approximate surface area is 130 Å². The summed E-state index contributed by atoms with van der Waals surface area (Å²) in [6, 6.07) is 4.70. The first-order valence-corrected chi connectivity index (χ1v) is 7.70. The topological polar surface area (TPSA) is 96.5 Å². The fraction of sp³-hybridized carbons (Fsp3) is 0.417. The van der Waals surface area contributed by atoms with Crippen molar-refractivity contribution in [3.63, 3.8) is 0 Å². The molecule has 0 bridgehead atoms. The number of amides is 1. The number of sulfonamides is 1. The molecule has 0 aliphatic rings. The summed E-state index contributed by atoms with van der Waals surface area (Å²) in [5, 5.41) is 5.39. The van der Waals surface area contributed by atoms with Gasteiger partial charge in [-0.05, 0) is 26.1 Å². The van der Waals surface area contributed by atoms with Gasteiger partial charge in [0.25, 0.3) is 0 Å². The quantitative estimate of drug-likeness (QED) is 0.690. The monoisotopic (exact) mass is 337 g/mol. The lowest BCUT2D eigenvalue weighted by Crippen LogP contribution is -2.25. The molecule has 0 saturated carbocycles. The summed E-state index contributed by atoms with van der Waals surface area (Å²) in [6.45, 7) is 1.73.